The summed E-state index contributed by atoms with van der Waals surface area (Å²) in [5.41, 5.74) is 3.66. The molecule has 2 aromatic heterocycles. The standard InChI is InChI=1S/C13H17N3O3/c1-9-12(13(17)15-14)5-11(19-9)7-16(2)6-10-3-4-18-8-10/h3-5,8H,6-7,14H2,1-2H3,(H,15,17). The number of nitrogens with two attached hydrogens (primary N) is 1. The molecule has 6 heteroatoms. The van der Waals surface area contributed by atoms with Crippen molar-refractivity contribution in [3.05, 3.63) is 47.3 Å². The van der Waals surface area contributed by atoms with Crippen molar-refractivity contribution in [2.75, 3.05) is 7.05 Å². The zero-order chi connectivity index (χ0) is 13.8. The summed E-state index contributed by atoms with van der Waals surface area (Å²) in [5, 5.41) is 0. The molecule has 19 heavy (non-hydrogen) atoms. The quantitative estimate of drug-likeness (QED) is 0.484. The molecule has 0 saturated carbocycles. The van der Waals surface area contributed by atoms with E-state index in [0.717, 1.165) is 17.9 Å². The van der Waals surface area contributed by atoms with Crippen LogP contribution in [0.2, 0.25) is 0 Å². The van der Waals surface area contributed by atoms with Crippen molar-refractivity contribution in [1.82, 2.24) is 10.3 Å². The maximum Gasteiger partial charge on any atom is 0.268 e. The average molecular weight is 263 g/mol. The Kier molecular flexibility index (Phi) is 4.03. The largest absolute Gasteiger partial charge is 0.472 e. The Balaban J connectivity index is 2.01. The molecule has 2 rings (SSSR count). The SMILES string of the molecule is Cc1oc(CN(C)Cc2ccoc2)cc1C(=O)NN. The lowest BCUT2D eigenvalue weighted by atomic mass is 10.2. The third-order valence-corrected chi connectivity index (χ3v) is 2.80. The number of carbonyl (C=O) groups is 1. The van der Waals surface area contributed by atoms with E-state index in [9.17, 15) is 4.79 Å². The number of furan rings is 2. The maximum atomic E-state index is 11.5. The minimum absolute atomic E-state index is 0.343. The Hall–Kier alpha value is -2.05. The van der Waals surface area contributed by atoms with Gasteiger partial charge in [-0.25, -0.2) is 5.84 Å². The van der Waals surface area contributed by atoms with E-state index in [1.807, 2.05) is 13.1 Å². The summed E-state index contributed by atoms with van der Waals surface area (Å²) in [7, 11) is 1.97. The molecule has 0 fully saturated rings. The predicted octanol–water partition coefficient (Wildman–Crippen LogP) is 1.42. The van der Waals surface area contributed by atoms with Crippen LogP contribution in [-0.2, 0) is 13.1 Å². The lowest BCUT2D eigenvalue weighted by molar-refractivity contribution is 0.0952. The highest BCUT2D eigenvalue weighted by atomic mass is 16.3. The number of nitrogen functional groups attached to an aromatic ring is 1. The molecule has 0 bridgehead atoms. The van der Waals surface area contributed by atoms with Crippen molar-refractivity contribution in [2.45, 2.75) is 20.0 Å². The smallest absolute Gasteiger partial charge is 0.268 e. The van der Waals surface area contributed by atoms with Gasteiger partial charge < -0.3 is 8.83 Å². The first-order valence-electron chi connectivity index (χ1n) is 5.90. The number of nitrogens with zero attached hydrogens (tertiary/aromatic N) is 1. The van der Waals surface area contributed by atoms with Crippen LogP contribution in [-0.4, -0.2) is 17.9 Å². The number of aryl methyl sites for hydroxylation is 1. The van der Waals surface area contributed by atoms with Gasteiger partial charge in [0.25, 0.3) is 5.91 Å². The highest BCUT2D eigenvalue weighted by molar-refractivity contribution is 5.94. The molecule has 0 aliphatic heterocycles. The van der Waals surface area contributed by atoms with Gasteiger partial charge in [0.15, 0.2) is 0 Å². The van der Waals surface area contributed by atoms with E-state index in [1.54, 1.807) is 25.5 Å². The second-order valence-corrected chi connectivity index (χ2v) is 4.46. The van der Waals surface area contributed by atoms with E-state index in [2.05, 4.69) is 10.3 Å². The van der Waals surface area contributed by atoms with Gasteiger partial charge >= 0.3 is 0 Å². The van der Waals surface area contributed by atoms with Gasteiger partial charge in [0.2, 0.25) is 0 Å². The van der Waals surface area contributed by atoms with E-state index in [-0.39, 0.29) is 5.91 Å². The Labute approximate surface area is 111 Å². The van der Waals surface area contributed by atoms with Gasteiger partial charge in [0.05, 0.1) is 24.6 Å². The van der Waals surface area contributed by atoms with Crippen LogP contribution in [0.25, 0.3) is 0 Å². The molecule has 2 aromatic rings. The Morgan fingerprint density at radius 3 is 2.89 bits per heavy atom. The molecule has 2 heterocycles. The highest BCUT2D eigenvalue weighted by Gasteiger charge is 2.15. The molecule has 0 atom stereocenters. The Bertz CT molecular complexity index is 545. The minimum Gasteiger partial charge on any atom is -0.472 e. The van der Waals surface area contributed by atoms with Gasteiger partial charge in [-0.05, 0) is 26.1 Å². The zero-order valence-electron chi connectivity index (χ0n) is 11.0. The first kappa shape index (κ1) is 13.4. The Morgan fingerprint density at radius 1 is 1.47 bits per heavy atom. The molecule has 0 radical (unpaired) electrons. The maximum absolute atomic E-state index is 11.5. The fraction of sp³-hybridized carbons (Fsp3) is 0.308. The molecule has 3 N–H and O–H groups in total. The highest BCUT2D eigenvalue weighted by Crippen LogP contribution is 2.16. The van der Waals surface area contributed by atoms with Crippen LogP contribution in [0.5, 0.6) is 0 Å². The van der Waals surface area contributed by atoms with Crippen LogP contribution in [0.1, 0.15) is 27.4 Å². The topological polar surface area (TPSA) is 84.6 Å². The summed E-state index contributed by atoms with van der Waals surface area (Å²) in [5.74, 6) is 6.06. The van der Waals surface area contributed by atoms with Crippen LogP contribution in [0.4, 0.5) is 0 Å². The van der Waals surface area contributed by atoms with Crippen LogP contribution in [0, 0.1) is 6.92 Å². The van der Waals surface area contributed by atoms with Crippen molar-refractivity contribution in [1.29, 1.82) is 0 Å². The molecule has 0 aliphatic carbocycles. The van der Waals surface area contributed by atoms with Gasteiger partial charge in [0, 0.05) is 12.1 Å². The normalized spacial score (nSPS) is 10.9. The average Bonchev–Trinajstić information content (AvgIpc) is 2.98. The molecule has 102 valence electrons. The number of amides is 1. The fourth-order valence-corrected chi connectivity index (χ4v) is 1.94. The van der Waals surface area contributed by atoms with E-state index in [4.69, 9.17) is 14.7 Å². The summed E-state index contributed by atoms with van der Waals surface area (Å²) in [4.78, 5) is 13.5. The fourth-order valence-electron chi connectivity index (χ4n) is 1.94. The Morgan fingerprint density at radius 2 is 2.26 bits per heavy atom. The summed E-state index contributed by atoms with van der Waals surface area (Å²) in [6.45, 7) is 3.09. The van der Waals surface area contributed by atoms with Gasteiger partial charge in [-0.2, -0.15) is 0 Å². The van der Waals surface area contributed by atoms with Crippen LogP contribution >= 0.6 is 0 Å². The lowest BCUT2D eigenvalue weighted by Crippen LogP contribution is -2.30. The predicted molar refractivity (Wildman–Crippen MR) is 69.0 cm³/mol. The number of hydrazine groups is 1. The third kappa shape index (κ3) is 3.24. The van der Waals surface area contributed by atoms with Crippen molar-refractivity contribution in [3.8, 4) is 0 Å². The van der Waals surface area contributed by atoms with Crippen molar-refractivity contribution in [3.63, 3.8) is 0 Å². The van der Waals surface area contributed by atoms with E-state index < -0.39 is 0 Å². The van der Waals surface area contributed by atoms with Crippen LogP contribution in [0.15, 0.2) is 33.5 Å². The molecule has 0 aromatic carbocycles. The van der Waals surface area contributed by atoms with Crippen molar-refractivity contribution in [2.24, 2.45) is 5.84 Å². The van der Waals surface area contributed by atoms with Crippen molar-refractivity contribution < 1.29 is 13.6 Å². The zero-order valence-corrected chi connectivity index (χ0v) is 11.0. The minimum atomic E-state index is -0.343. The number of carbonyl (C=O) groups excluding carboxylic acids is 1. The number of nitrogens with one attached hydrogen (secondary N) is 1. The molecular formula is C13H17N3O3. The lowest BCUT2D eigenvalue weighted by Gasteiger charge is -2.13. The van der Waals surface area contributed by atoms with Crippen LogP contribution in [0.3, 0.4) is 0 Å². The second-order valence-electron chi connectivity index (χ2n) is 4.46. The van der Waals surface area contributed by atoms with Gasteiger partial charge in [-0.1, -0.05) is 0 Å². The molecule has 0 saturated heterocycles. The molecule has 6 nitrogen and oxygen atoms in total. The van der Waals surface area contributed by atoms with E-state index in [1.165, 1.54) is 0 Å². The summed E-state index contributed by atoms with van der Waals surface area (Å²) >= 11 is 0. The molecule has 0 unspecified atom stereocenters. The van der Waals surface area contributed by atoms with Gasteiger partial charge in [-0.15, -0.1) is 0 Å². The second kappa shape index (κ2) is 5.73. The number of rotatable bonds is 5. The molecule has 0 aliphatic rings. The number of hydrogen-bond donors (Lipinski definition) is 2. The monoisotopic (exact) mass is 263 g/mol. The molecule has 1 amide bonds. The molecule has 0 spiro atoms. The summed E-state index contributed by atoms with van der Waals surface area (Å²) in [6, 6.07) is 3.63. The van der Waals surface area contributed by atoms with Gasteiger partial charge in [0.1, 0.15) is 11.5 Å². The number of hydrogen-bond acceptors (Lipinski definition) is 5. The van der Waals surface area contributed by atoms with Crippen LogP contribution < -0.4 is 11.3 Å². The summed E-state index contributed by atoms with van der Waals surface area (Å²) in [6.07, 6.45) is 3.35. The molecular weight excluding hydrogens is 246 g/mol. The first-order valence-corrected chi connectivity index (χ1v) is 5.90. The summed E-state index contributed by atoms with van der Waals surface area (Å²) < 4.78 is 10.6. The van der Waals surface area contributed by atoms with E-state index in [0.29, 0.717) is 17.9 Å². The van der Waals surface area contributed by atoms with E-state index >= 15 is 0 Å². The first-order chi connectivity index (χ1) is 9.10. The van der Waals surface area contributed by atoms with Gasteiger partial charge in [-0.3, -0.25) is 15.1 Å². The third-order valence-electron chi connectivity index (χ3n) is 2.80. The van der Waals surface area contributed by atoms with Crippen molar-refractivity contribution >= 4 is 5.91 Å².